The molecule has 0 unspecified atom stereocenters. The molecule has 144 valence electrons. The molecule has 0 aliphatic carbocycles. The summed E-state index contributed by atoms with van der Waals surface area (Å²) < 4.78 is 32.5. The van der Waals surface area contributed by atoms with Crippen LogP contribution in [0.2, 0.25) is 0 Å². The van der Waals surface area contributed by atoms with E-state index in [1.807, 2.05) is 32.0 Å². The molecule has 0 atom stereocenters. The van der Waals surface area contributed by atoms with Gasteiger partial charge in [0.1, 0.15) is 5.75 Å². The minimum atomic E-state index is -3.58. The van der Waals surface area contributed by atoms with Crippen molar-refractivity contribution in [3.63, 3.8) is 0 Å². The van der Waals surface area contributed by atoms with E-state index in [1.54, 1.807) is 35.2 Å². The van der Waals surface area contributed by atoms with Crippen molar-refractivity contribution in [3.8, 4) is 5.75 Å². The zero-order valence-corrected chi connectivity index (χ0v) is 16.4. The molecule has 2 aromatic rings. The molecule has 0 N–H and O–H groups in total. The fourth-order valence-electron chi connectivity index (χ4n) is 3.14. The second kappa shape index (κ2) is 8.10. The van der Waals surface area contributed by atoms with Crippen LogP contribution in [-0.4, -0.2) is 56.3 Å². The number of hydrogen-bond donors (Lipinski definition) is 0. The molecule has 27 heavy (non-hydrogen) atoms. The number of amides is 1. The van der Waals surface area contributed by atoms with Crippen LogP contribution in [-0.2, 0) is 10.0 Å². The van der Waals surface area contributed by atoms with E-state index in [9.17, 15) is 13.2 Å². The van der Waals surface area contributed by atoms with Crippen molar-refractivity contribution in [2.75, 3.05) is 32.8 Å². The Hall–Kier alpha value is -2.38. The van der Waals surface area contributed by atoms with Gasteiger partial charge in [0.2, 0.25) is 10.0 Å². The molecule has 1 aliphatic rings. The minimum Gasteiger partial charge on any atom is -0.494 e. The summed E-state index contributed by atoms with van der Waals surface area (Å²) >= 11 is 0. The van der Waals surface area contributed by atoms with Crippen LogP contribution < -0.4 is 4.74 Å². The lowest BCUT2D eigenvalue weighted by atomic mass is 10.1. The number of carbonyl (C=O) groups excluding carboxylic acids is 1. The molecule has 1 saturated heterocycles. The van der Waals surface area contributed by atoms with Gasteiger partial charge in [0.15, 0.2) is 0 Å². The lowest BCUT2D eigenvalue weighted by Crippen LogP contribution is -2.50. The van der Waals surface area contributed by atoms with Crippen molar-refractivity contribution < 1.29 is 17.9 Å². The van der Waals surface area contributed by atoms with E-state index in [1.165, 1.54) is 4.31 Å². The third-order valence-corrected chi connectivity index (χ3v) is 6.59. The fourth-order valence-corrected chi connectivity index (χ4v) is 4.56. The van der Waals surface area contributed by atoms with E-state index in [0.29, 0.717) is 31.0 Å². The zero-order chi connectivity index (χ0) is 19.4. The summed E-state index contributed by atoms with van der Waals surface area (Å²) in [5.74, 6) is 0.594. The Morgan fingerprint density at radius 2 is 1.63 bits per heavy atom. The maximum absolute atomic E-state index is 12.8. The van der Waals surface area contributed by atoms with E-state index in [0.717, 1.165) is 5.56 Å². The van der Waals surface area contributed by atoms with Gasteiger partial charge in [0.25, 0.3) is 5.91 Å². The molecule has 1 fully saturated rings. The highest BCUT2D eigenvalue weighted by atomic mass is 32.2. The fraction of sp³-hybridized carbons (Fsp3) is 0.350. The van der Waals surface area contributed by atoms with Gasteiger partial charge in [-0.2, -0.15) is 4.31 Å². The standard InChI is InChI=1S/C20H24N2O4S/c1-3-26-17-8-10-18(11-9-17)27(24,25)22-14-12-21(13-15-22)20(23)19-7-5-4-6-16(19)2/h4-11H,3,12-15H2,1-2H3. The lowest BCUT2D eigenvalue weighted by molar-refractivity contribution is 0.0697. The topological polar surface area (TPSA) is 66.9 Å². The van der Waals surface area contributed by atoms with E-state index in [2.05, 4.69) is 0 Å². The molecule has 1 aliphatic heterocycles. The number of ether oxygens (including phenoxy) is 1. The van der Waals surface area contributed by atoms with Crippen molar-refractivity contribution in [2.24, 2.45) is 0 Å². The van der Waals surface area contributed by atoms with Crippen molar-refractivity contribution in [2.45, 2.75) is 18.7 Å². The second-order valence-electron chi connectivity index (χ2n) is 6.42. The van der Waals surface area contributed by atoms with Crippen LogP contribution in [0.15, 0.2) is 53.4 Å². The SMILES string of the molecule is CCOc1ccc(S(=O)(=O)N2CCN(C(=O)c3ccccc3C)CC2)cc1. The molecule has 1 amide bonds. The molecule has 0 spiro atoms. The summed E-state index contributed by atoms with van der Waals surface area (Å²) in [5, 5.41) is 0. The Balaban J connectivity index is 1.67. The monoisotopic (exact) mass is 388 g/mol. The van der Waals surface area contributed by atoms with Gasteiger partial charge >= 0.3 is 0 Å². The van der Waals surface area contributed by atoms with Gasteiger partial charge in [-0.1, -0.05) is 18.2 Å². The number of sulfonamides is 1. The summed E-state index contributed by atoms with van der Waals surface area (Å²) in [4.78, 5) is 14.6. The number of aryl methyl sites for hydroxylation is 1. The van der Waals surface area contributed by atoms with Crippen molar-refractivity contribution in [1.29, 1.82) is 0 Å². The number of piperazine rings is 1. The van der Waals surface area contributed by atoms with Gasteiger partial charge in [0.05, 0.1) is 11.5 Å². The number of benzene rings is 2. The molecular weight excluding hydrogens is 364 g/mol. The van der Waals surface area contributed by atoms with Crippen LogP contribution in [0, 0.1) is 6.92 Å². The molecule has 2 aromatic carbocycles. The zero-order valence-electron chi connectivity index (χ0n) is 15.6. The largest absolute Gasteiger partial charge is 0.494 e. The van der Waals surface area contributed by atoms with Gasteiger partial charge in [-0.25, -0.2) is 8.42 Å². The third-order valence-electron chi connectivity index (χ3n) is 4.67. The Morgan fingerprint density at radius 3 is 2.22 bits per heavy atom. The molecule has 0 bridgehead atoms. The van der Waals surface area contributed by atoms with Crippen LogP contribution in [0.3, 0.4) is 0 Å². The Bertz CT molecular complexity index is 902. The maximum Gasteiger partial charge on any atom is 0.254 e. The Kier molecular flexibility index (Phi) is 5.82. The van der Waals surface area contributed by atoms with E-state index >= 15 is 0 Å². The highest BCUT2D eigenvalue weighted by Gasteiger charge is 2.30. The van der Waals surface area contributed by atoms with Crippen molar-refractivity contribution in [3.05, 3.63) is 59.7 Å². The van der Waals surface area contributed by atoms with Crippen LogP contribution >= 0.6 is 0 Å². The van der Waals surface area contributed by atoms with Crippen LogP contribution in [0.25, 0.3) is 0 Å². The number of rotatable bonds is 5. The summed E-state index contributed by atoms with van der Waals surface area (Å²) in [7, 11) is -3.58. The number of carbonyl (C=O) groups is 1. The summed E-state index contributed by atoms with van der Waals surface area (Å²) in [5.41, 5.74) is 1.59. The second-order valence-corrected chi connectivity index (χ2v) is 8.35. The summed E-state index contributed by atoms with van der Waals surface area (Å²) in [6, 6.07) is 13.9. The average Bonchev–Trinajstić information content (AvgIpc) is 2.69. The first-order chi connectivity index (χ1) is 12.9. The smallest absolute Gasteiger partial charge is 0.254 e. The van der Waals surface area contributed by atoms with Gasteiger partial charge in [-0.05, 0) is 49.7 Å². The van der Waals surface area contributed by atoms with Gasteiger partial charge in [0, 0.05) is 31.7 Å². The molecule has 0 saturated carbocycles. The first-order valence-electron chi connectivity index (χ1n) is 9.01. The molecule has 0 aromatic heterocycles. The Labute approximate surface area is 160 Å². The normalized spacial score (nSPS) is 15.6. The minimum absolute atomic E-state index is 0.0498. The van der Waals surface area contributed by atoms with Gasteiger partial charge in [-0.3, -0.25) is 4.79 Å². The van der Waals surface area contributed by atoms with E-state index < -0.39 is 10.0 Å². The van der Waals surface area contributed by atoms with Crippen LogP contribution in [0.4, 0.5) is 0 Å². The summed E-state index contributed by atoms with van der Waals surface area (Å²) in [6.07, 6.45) is 0. The maximum atomic E-state index is 12.8. The average molecular weight is 388 g/mol. The van der Waals surface area contributed by atoms with Gasteiger partial charge < -0.3 is 9.64 Å². The number of nitrogens with zero attached hydrogens (tertiary/aromatic N) is 2. The van der Waals surface area contributed by atoms with Crippen molar-refractivity contribution in [1.82, 2.24) is 9.21 Å². The van der Waals surface area contributed by atoms with Crippen LogP contribution in [0.1, 0.15) is 22.8 Å². The predicted molar refractivity (Wildman–Crippen MR) is 103 cm³/mol. The highest BCUT2D eigenvalue weighted by Crippen LogP contribution is 2.21. The first kappa shape index (κ1) is 19.4. The molecule has 0 radical (unpaired) electrons. The Morgan fingerprint density at radius 1 is 1.00 bits per heavy atom. The molecule has 3 rings (SSSR count). The third kappa shape index (κ3) is 4.14. The molecular formula is C20H24N2O4S. The van der Waals surface area contributed by atoms with E-state index in [-0.39, 0.29) is 23.9 Å². The van der Waals surface area contributed by atoms with Gasteiger partial charge in [-0.15, -0.1) is 0 Å². The number of hydrogen-bond acceptors (Lipinski definition) is 4. The highest BCUT2D eigenvalue weighted by molar-refractivity contribution is 7.89. The summed E-state index contributed by atoms with van der Waals surface area (Å²) in [6.45, 7) is 5.64. The van der Waals surface area contributed by atoms with Crippen LogP contribution in [0.5, 0.6) is 5.75 Å². The first-order valence-corrected chi connectivity index (χ1v) is 10.5. The predicted octanol–water partition coefficient (Wildman–Crippen LogP) is 2.54. The lowest BCUT2D eigenvalue weighted by Gasteiger charge is -2.34. The molecule has 1 heterocycles. The van der Waals surface area contributed by atoms with E-state index in [4.69, 9.17) is 4.74 Å². The quantitative estimate of drug-likeness (QED) is 0.789. The van der Waals surface area contributed by atoms with Crippen molar-refractivity contribution >= 4 is 15.9 Å². The molecule has 7 heteroatoms. The molecule has 6 nitrogen and oxygen atoms in total.